The highest BCUT2D eigenvalue weighted by molar-refractivity contribution is 5.98. The molecular weight excluding hydrogens is 424 g/mol. The number of ketones is 1. The Labute approximate surface area is 185 Å². The van der Waals surface area contributed by atoms with Crippen molar-refractivity contribution in [1.29, 1.82) is 0 Å². The monoisotopic (exact) mass is 452 g/mol. The number of ether oxygens (including phenoxy) is 1. The quantitative estimate of drug-likeness (QED) is 0.444. The van der Waals surface area contributed by atoms with Crippen LogP contribution in [0.1, 0.15) is 61.3 Å². The van der Waals surface area contributed by atoms with Gasteiger partial charge in [-0.15, -0.1) is 0 Å². The first-order chi connectivity index (χ1) is 15.0. The van der Waals surface area contributed by atoms with Crippen molar-refractivity contribution in [3.8, 4) is 5.75 Å². The molecule has 4 nitrogen and oxygen atoms in total. The predicted molar refractivity (Wildman–Crippen MR) is 112 cm³/mol. The summed E-state index contributed by atoms with van der Waals surface area (Å²) in [5.41, 5.74) is -0.456. The van der Waals surface area contributed by atoms with Crippen LogP contribution in [0.3, 0.4) is 0 Å². The summed E-state index contributed by atoms with van der Waals surface area (Å²) in [6.45, 7) is 4.47. The van der Waals surface area contributed by atoms with Crippen molar-refractivity contribution < 1.29 is 27.1 Å². The molecule has 0 atom stereocenters. The molecule has 8 heteroatoms. The van der Waals surface area contributed by atoms with Gasteiger partial charge in [-0.1, -0.05) is 0 Å². The highest BCUT2D eigenvalue weighted by Crippen LogP contribution is 2.48. The largest absolute Gasteiger partial charge is 0.491 e. The van der Waals surface area contributed by atoms with Gasteiger partial charge in [-0.2, -0.15) is 13.2 Å². The lowest BCUT2D eigenvalue weighted by Gasteiger charge is -2.50. The number of hydrogen-bond donors (Lipinski definition) is 0. The highest BCUT2D eigenvalue weighted by Gasteiger charge is 2.48. The van der Waals surface area contributed by atoms with E-state index in [0.29, 0.717) is 43.7 Å². The van der Waals surface area contributed by atoms with Crippen molar-refractivity contribution in [3.63, 3.8) is 0 Å². The minimum absolute atomic E-state index is 0.0433. The average molecular weight is 452 g/mol. The summed E-state index contributed by atoms with van der Waals surface area (Å²) in [6.07, 6.45) is -2.39. The smallest absolute Gasteiger partial charge is 0.431 e. The standard InChI is InChI=1S/C24H28F4N2O2/c1-15(2)32-17-4-5-18(19(25)14-17)22(31)16-8-10-23(11-9-16)20-6-7-21(24(26,27)28)30(20)13-12-29(23)3/h4-7,14-16H,8-13H2,1-3H3. The van der Waals surface area contributed by atoms with E-state index in [4.69, 9.17) is 4.74 Å². The van der Waals surface area contributed by atoms with Crippen LogP contribution in [0.2, 0.25) is 0 Å². The van der Waals surface area contributed by atoms with E-state index in [-0.39, 0.29) is 29.9 Å². The third-order valence-corrected chi connectivity index (χ3v) is 6.90. The second kappa shape index (κ2) is 8.21. The van der Waals surface area contributed by atoms with Gasteiger partial charge in [0.1, 0.15) is 17.3 Å². The Kier molecular flexibility index (Phi) is 5.86. The second-order valence-corrected chi connectivity index (χ2v) is 9.15. The van der Waals surface area contributed by atoms with Crippen LogP contribution in [0.4, 0.5) is 17.6 Å². The Morgan fingerprint density at radius 1 is 1.12 bits per heavy atom. The number of alkyl halides is 3. The third-order valence-electron chi connectivity index (χ3n) is 6.90. The van der Waals surface area contributed by atoms with E-state index in [9.17, 15) is 22.4 Å². The van der Waals surface area contributed by atoms with Gasteiger partial charge in [-0.05, 0) is 70.8 Å². The van der Waals surface area contributed by atoms with E-state index in [2.05, 4.69) is 4.90 Å². The van der Waals surface area contributed by atoms with Crippen molar-refractivity contribution in [1.82, 2.24) is 9.47 Å². The Morgan fingerprint density at radius 2 is 1.81 bits per heavy atom. The topological polar surface area (TPSA) is 34.5 Å². The number of Topliss-reactive ketones (excluding diaryl/α,β-unsaturated/α-hetero) is 1. The maximum Gasteiger partial charge on any atom is 0.431 e. The fourth-order valence-corrected chi connectivity index (χ4v) is 5.28. The van der Waals surface area contributed by atoms with Crippen LogP contribution in [0.25, 0.3) is 0 Å². The van der Waals surface area contributed by atoms with E-state index in [0.717, 1.165) is 6.07 Å². The van der Waals surface area contributed by atoms with Gasteiger partial charge < -0.3 is 9.30 Å². The molecule has 0 N–H and O–H groups in total. The molecule has 1 aliphatic heterocycles. The van der Waals surface area contributed by atoms with Crippen molar-refractivity contribution in [2.45, 2.75) is 63.9 Å². The van der Waals surface area contributed by atoms with Gasteiger partial charge in [0.25, 0.3) is 0 Å². The van der Waals surface area contributed by atoms with Gasteiger partial charge in [-0.3, -0.25) is 9.69 Å². The van der Waals surface area contributed by atoms with Gasteiger partial charge >= 0.3 is 6.18 Å². The molecule has 1 saturated carbocycles. The first-order valence-corrected chi connectivity index (χ1v) is 11.0. The van der Waals surface area contributed by atoms with Crippen LogP contribution in [0.15, 0.2) is 30.3 Å². The molecule has 0 unspecified atom stereocenters. The number of rotatable bonds is 4. The number of aromatic nitrogens is 1. The summed E-state index contributed by atoms with van der Waals surface area (Å²) in [5, 5.41) is 0. The van der Waals surface area contributed by atoms with Crippen LogP contribution >= 0.6 is 0 Å². The van der Waals surface area contributed by atoms with Crippen molar-refractivity contribution >= 4 is 5.78 Å². The fourth-order valence-electron chi connectivity index (χ4n) is 5.28. The maximum absolute atomic E-state index is 14.6. The summed E-state index contributed by atoms with van der Waals surface area (Å²) >= 11 is 0. The van der Waals surface area contributed by atoms with Crippen LogP contribution in [-0.2, 0) is 18.3 Å². The van der Waals surface area contributed by atoms with Crippen LogP contribution in [0.5, 0.6) is 5.75 Å². The SMILES string of the molecule is CC(C)Oc1ccc(C(=O)C2CCC3(CC2)c2ccc(C(F)(F)F)n2CCN3C)c(F)c1. The number of fused-ring (bicyclic) bond motifs is 2. The number of likely N-dealkylation sites (N-methyl/N-ethyl adjacent to an activating group) is 1. The molecule has 1 fully saturated rings. The molecule has 1 aromatic heterocycles. The highest BCUT2D eigenvalue weighted by atomic mass is 19.4. The van der Waals surface area contributed by atoms with Gasteiger partial charge in [0.05, 0.1) is 17.2 Å². The molecule has 0 bridgehead atoms. The summed E-state index contributed by atoms with van der Waals surface area (Å²) in [6, 6.07) is 7.03. The number of benzene rings is 1. The lowest BCUT2D eigenvalue weighted by atomic mass is 9.71. The summed E-state index contributed by atoms with van der Waals surface area (Å²) in [4.78, 5) is 15.2. The van der Waals surface area contributed by atoms with E-state index in [1.807, 2.05) is 20.9 Å². The molecule has 2 aromatic rings. The lowest BCUT2D eigenvalue weighted by Crippen LogP contribution is -2.52. The van der Waals surface area contributed by atoms with Crippen LogP contribution in [-0.4, -0.2) is 34.9 Å². The predicted octanol–water partition coefficient (Wildman–Crippen LogP) is 5.65. The lowest BCUT2D eigenvalue weighted by molar-refractivity contribution is -0.144. The first kappa shape index (κ1) is 22.8. The Balaban J connectivity index is 1.53. The second-order valence-electron chi connectivity index (χ2n) is 9.15. The molecule has 0 radical (unpaired) electrons. The average Bonchev–Trinajstić information content (AvgIpc) is 3.16. The van der Waals surface area contributed by atoms with E-state index < -0.39 is 23.2 Å². The molecule has 174 valence electrons. The molecular formula is C24H28F4N2O2. The van der Waals surface area contributed by atoms with Gasteiger partial charge in [0.15, 0.2) is 5.78 Å². The zero-order valence-corrected chi connectivity index (χ0v) is 18.5. The number of hydrogen-bond acceptors (Lipinski definition) is 3. The summed E-state index contributed by atoms with van der Waals surface area (Å²) in [7, 11) is 1.93. The number of carbonyl (C=O) groups excluding carboxylic acids is 1. The number of halogens is 4. The Morgan fingerprint density at radius 3 is 2.41 bits per heavy atom. The molecule has 2 aliphatic rings. The van der Waals surface area contributed by atoms with Gasteiger partial charge in [-0.25, -0.2) is 4.39 Å². The Bertz CT molecular complexity index is 1000. The molecule has 32 heavy (non-hydrogen) atoms. The third kappa shape index (κ3) is 3.93. The summed E-state index contributed by atoms with van der Waals surface area (Å²) < 4.78 is 61.8. The molecule has 2 heterocycles. The minimum atomic E-state index is -4.40. The van der Waals surface area contributed by atoms with E-state index >= 15 is 0 Å². The maximum atomic E-state index is 14.6. The normalized spacial score (nSPS) is 24.1. The van der Waals surface area contributed by atoms with Crippen molar-refractivity contribution in [2.75, 3.05) is 13.6 Å². The zero-order chi connectivity index (χ0) is 23.3. The van der Waals surface area contributed by atoms with Crippen molar-refractivity contribution in [2.24, 2.45) is 5.92 Å². The number of carbonyl (C=O) groups is 1. The molecule has 1 spiro atoms. The van der Waals surface area contributed by atoms with Gasteiger partial charge in [0.2, 0.25) is 0 Å². The molecule has 4 rings (SSSR count). The van der Waals surface area contributed by atoms with Crippen LogP contribution < -0.4 is 4.74 Å². The molecule has 0 saturated heterocycles. The van der Waals surface area contributed by atoms with Crippen LogP contribution in [0, 0.1) is 11.7 Å². The van der Waals surface area contributed by atoms with E-state index in [1.165, 1.54) is 16.7 Å². The molecule has 1 aromatic carbocycles. The number of nitrogens with zero attached hydrogens (tertiary/aromatic N) is 2. The summed E-state index contributed by atoms with van der Waals surface area (Å²) in [5.74, 6) is -0.834. The first-order valence-electron chi connectivity index (χ1n) is 11.0. The van der Waals surface area contributed by atoms with E-state index in [1.54, 1.807) is 12.1 Å². The molecule has 0 amide bonds. The van der Waals surface area contributed by atoms with Gasteiger partial charge in [0, 0.05) is 30.8 Å². The fraction of sp³-hybridized carbons (Fsp3) is 0.542. The minimum Gasteiger partial charge on any atom is -0.491 e. The molecule has 1 aliphatic carbocycles. The van der Waals surface area contributed by atoms with Crippen molar-refractivity contribution in [3.05, 3.63) is 53.1 Å². The Hall–Kier alpha value is -2.35. The zero-order valence-electron chi connectivity index (χ0n) is 18.5.